The van der Waals surface area contributed by atoms with Gasteiger partial charge in [-0.05, 0) is 52.2 Å². The van der Waals surface area contributed by atoms with Crippen LogP contribution >= 0.6 is 0 Å². The average Bonchev–Trinajstić information content (AvgIpc) is 2.29. The van der Waals surface area contributed by atoms with Gasteiger partial charge < -0.3 is 10.2 Å². The van der Waals surface area contributed by atoms with Crippen LogP contribution in [0.3, 0.4) is 0 Å². The zero-order valence-electron chi connectivity index (χ0n) is 11.5. The zero-order chi connectivity index (χ0) is 11.8. The quantitative estimate of drug-likeness (QED) is 0.718. The van der Waals surface area contributed by atoms with Crippen LogP contribution in [0, 0.1) is 0 Å². The van der Waals surface area contributed by atoms with Crippen molar-refractivity contribution in [1.29, 1.82) is 0 Å². The minimum Gasteiger partial charge on any atom is -0.314 e. The molecule has 1 heterocycles. The van der Waals surface area contributed by atoms with E-state index in [0.29, 0.717) is 6.04 Å². The van der Waals surface area contributed by atoms with Crippen LogP contribution in [0.4, 0.5) is 0 Å². The summed E-state index contributed by atoms with van der Waals surface area (Å²) in [5, 5.41) is 3.55. The first kappa shape index (κ1) is 14.0. The minimum absolute atomic E-state index is 0.713. The fraction of sp³-hybridized carbons (Fsp3) is 1.00. The maximum Gasteiger partial charge on any atom is 0.0122 e. The third-order valence-corrected chi connectivity index (χ3v) is 3.71. The summed E-state index contributed by atoms with van der Waals surface area (Å²) in [5.41, 5.74) is 0. The first-order valence-electron chi connectivity index (χ1n) is 7.25. The van der Waals surface area contributed by atoms with Gasteiger partial charge in [0.1, 0.15) is 0 Å². The van der Waals surface area contributed by atoms with Gasteiger partial charge in [-0.15, -0.1) is 0 Å². The van der Waals surface area contributed by atoms with Gasteiger partial charge in [0.25, 0.3) is 0 Å². The second kappa shape index (κ2) is 8.08. The fourth-order valence-electron chi connectivity index (χ4n) is 2.64. The van der Waals surface area contributed by atoms with Crippen LogP contribution in [0.1, 0.15) is 59.3 Å². The van der Waals surface area contributed by atoms with Crippen LogP contribution in [0.15, 0.2) is 0 Å². The van der Waals surface area contributed by atoms with Crippen molar-refractivity contribution in [3.8, 4) is 0 Å². The molecule has 0 radical (unpaired) electrons. The van der Waals surface area contributed by atoms with Gasteiger partial charge in [0.15, 0.2) is 0 Å². The third-order valence-electron chi connectivity index (χ3n) is 3.71. The van der Waals surface area contributed by atoms with E-state index >= 15 is 0 Å². The number of hydrogen-bond acceptors (Lipinski definition) is 2. The lowest BCUT2D eigenvalue weighted by molar-refractivity contribution is 0.143. The molecular formula is C14H30N2. The van der Waals surface area contributed by atoms with E-state index in [4.69, 9.17) is 0 Å². The summed E-state index contributed by atoms with van der Waals surface area (Å²) in [6, 6.07) is 1.55. The Balaban J connectivity index is 2.38. The predicted molar refractivity (Wildman–Crippen MR) is 71.9 cm³/mol. The molecule has 0 spiro atoms. The van der Waals surface area contributed by atoms with Crippen molar-refractivity contribution in [3.63, 3.8) is 0 Å². The number of rotatable bonds is 7. The van der Waals surface area contributed by atoms with Crippen LogP contribution in [-0.4, -0.2) is 36.6 Å². The Bertz CT molecular complexity index is 162. The normalized spacial score (nSPS) is 26.2. The van der Waals surface area contributed by atoms with Crippen molar-refractivity contribution in [2.24, 2.45) is 0 Å². The molecule has 96 valence electrons. The Hall–Kier alpha value is -0.0800. The molecule has 1 aliphatic heterocycles. The van der Waals surface area contributed by atoms with Gasteiger partial charge in [-0.3, -0.25) is 0 Å². The summed E-state index contributed by atoms with van der Waals surface area (Å²) in [6.07, 6.45) is 8.06. The van der Waals surface area contributed by atoms with Gasteiger partial charge in [-0.1, -0.05) is 26.7 Å². The molecule has 1 N–H and O–H groups in total. The van der Waals surface area contributed by atoms with Crippen molar-refractivity contribution in [2.75, 3.05) is 19.6 Å². The summed E-state index contributed by atoms with van der Waals surface area (Å²) in [7, 11) is 0. The van der Waals surface area contributed by atoms with Gasteiger partial charge >= 0.3 is 0 Å². The van der Waals surface area contributed by atoms with Gasteiger partial charge in [0.05, 0.1) is 0 Å². The molecule has 2 nitrogen and oxygen atoms in total. The SMILES string of the molecule is CCCCN(CCCC)C1CCNC(C)C1. The highest BCUT2D eigenvalue weighted by Gasteiger charge is 2.23. The molecule has 1 aliphatic rings. The number of piperidine rings is 1. The maximum atomic E-state index is 3.55. The topological polar surface area (TPSA) is 15.3 Å². The summed E-state index contributed by atoms with van der Waals surface area (Å²) in [4.78, 5) is 2.75. The van der Waals surface area contributed by atoms with Gasteiger partial charge in [0.2, 0.25) is 0 Å². The Labute approximate surface area is 102 Å². The van der Waals surface area contributed by atoms with Crippen LogP contribution in [0.5, 0.6) is 0 Å². The molecule has 2 atom stereocenters. The summed E-state index contributed by atoms with van der Waals surface area (Å²) in [6.45, 7) is 10.7. The van der Waals surface area contributed by atoms with Crippen LogP contribution in [0.2, 0.25) is 0 Å². The van der Waals surface area contributed by atoms with Crippen LogP contribution in [0.25, 0.3) is 0 Å². The van der Waals surface area contributed by atoms with Crippen molar-refractivity contribution in [3.05, 3.63) is 0 Å². The molecule has 1 fully saturated rings. The number of nitrogens with zero attached hydrogens (tertiary/aromatic N) is 1. The van der Waals surface area contributed by atoms with E-state index in [1.807, 2.05) is 0 Å². The monoisotopic (exact) mass is 226 g/mol. The lowest BCUT2D eigenvalue weighted by Crippen LogP contribution is -2.47. The maximum absolute atomic E-state index is 3.55. The molecule has 0 saturated carbocycles. The smallest absolute Gasteiger partial charge is 0.0122 e. The molecule has 1 saturated heterocycles. The lowest BCUT2D eigenvalue weighted by Gasteiger charge is -2.37. The Kier molecular flexibility index (Phi) is 7.06. The molecule has 0 aromatic rings. The molecule has 2 unspecified atom stereocenters. The van der Waals surface area contributed by atoms with Gasteiger partial charge in [0, 0.05) is 12.1 Å². The van der Waals surface area contributed by atoms with E-state index in [0.717, 1.165) is 6.04 Å². The summed E-state index contributed by atoms with van der Waals surface area (Å²) < 4.78 is 0. The molecule has 2 heteroatoms. The lowest BCUT2D eigenvalue weighted by atomic mass is 9.98. The Morgan fingerprint density at radius 2 is 1.75 bits per heavy atom. The van der Waals surface area contributed by atoms with Crippen molar-refractivity contribution in [2.45, 2.75) is 71.4 Å². The summed E-state index contributed by atoms with van der Waals surface area (Å²) in [5.74, 6) is 0. The number of nitrogens with one attached hydrogen (secondary N) is 1. The number of hydrogen-bond donors (Lipinski definition) is 1. The average molecular weight is 226 g/mol. The minimum atomic E-state index is 0.713. The van der Waals surface area contributed by atoms with E-state index in [-0.39, 0.29) is 0 Å². The highest BCUT2D eigenvalue weighted by atomic mass is 15.2. The predicted octanol–water partition coefficient (Wildman–Crippen LogP) is 3.03. The fourth-order valence-corrected chi connectivity index (χ4v) is 2.64. The number of unbranched alkanes of at least 4 members (excludes halogenated alkanes) is 2. The van der Waals surface area contributed by atoms with Crippen LogP contribution in [-0.2, 0) is 0 Å². The van der Waals surface area contributed by atoms with Crippen molar-refractivity contribution in [1.82, 2.24) is 10.2 Å². The molecule has 0 amide bonds. The molecular weight excluding hydrogens is 196 g/mol. The summed E-state index contributed by atoms with van der Waals surface area (Å²) >= 11 is 0. The highest BCUT2D eigenvalue weighted by molar-refractivity contribution is 4.82. The first-order valence-corrected chi connectivity index (χ1v) is 7.25. The van der Waals surface area contributed by atoms with Crippen molar-refractivity contribution >= 4 is 0 Å². The second-order valence-corrected chi connectivity index (χ2v) is 5.28. The van der Waals surface area contributed by atoms with Crippen molar-refractivity contribution < 1.29 is 0 Å². The van der Waals surface area contributed by atoms with E-state index in [2.05, 4.69) is 31.0 Å². The molecule has 0 aromatic carbocycles. The molecule has 0 aliphatic carbocycles. The molecule has 16 heavy (non-hydrogen) atoms. The second-order valence-electron chi connectivity index (χ2n) is 5.28. The Morgan fingerprint density at radius 1 is 1.12 bits per heavy atom. The zero-order valence-corrected chi connectivity index (χ0v) is 11.5. The third kappa shape index (κ3) is 4.84. The Morgan fingerprint density at radius 3 is 2.25 bits per heavy atom. The van der Waals surface area contributed by atoms with Gasteiger partial charge in [-0.25, -0.2) is 0 Å². The van der Waals surface area contributed by atoms with Crippen LogP contribution < -0.4 is 5.32 Å². The van der Waals surface area contributed by atoms with E-state index < -0.39 is 0 Å². The highest BCUT2D eigenvalue weighted by Crippen LogP contribution is 2.17. The first-order chi connectivity index (χ1) is 7.77. The molecule has 0 aromatic heterocycles. The van der Waals surface area contributed by atoms with E-state index in [1.54, 1.807) is 0 Å². The van der Waals surface area contributed by atoms with E-state index in [1.165, 1.54) is 58.2 Å². The standard InChI is InChI=1S/C14H30N2/c1-4-6-10-16(11-7-5-2)14-8-9-15-13(3)12-14/h13-15H,4-12H2,1-3H3. The molecule has 0 bridgehead atoms. The van der Waals surface area contributed by atoms with Gasteiger partial charge in [-0.2, -0.15) is 0 Å². The largest absolute Gasteiger partial charge is 0.314 e. The van der Waals surface area contributed by atoms with E-state index in [9.17, 15) is 0 Å². The molecule has 1 rings (SSSR count).